The number of likely N-dealkylation sites (tertiary alicyclic amines) is 1. The summed E-state index contributed by atoms with van der Waals surface area (Å²) in [7, 11) is 1.62. The van der Waals surface area contributed by atoms with E-state index >= 15 is 0 Å². The van der Waals surface area contributed by atoms with E-state index in [-0.39, 0.29) is 11.5 Å². The minimum atomic E-state index is -0.325. The van der Waals surface area contributed by atoms with Crippen molar-refractivity contribution < 1.29 is 9.53 Å². The molecular weight excluding hydrogens is 302 g/mol. The molecule has 0 bridgehead atoms. The number of nitrogens with zero attached hydrogens (tertiary/aromatic N) is 2. The lowest BCUT2D eigenvalue weighted by Crippen LogP contribution is -2.36. The second-order valence-corrected chi connectivity index (χ2v) is 5.98. The van der Waals surface area contributed by atoms with Crippen molar-refractivity contribution in [3.8, 4) is 11.8 Å². The number of methoxy groups -OCH3 is 1. The van der Waals surface area contributed by atoms with E-state index in [0.717, 1.165) is 37.1 Å². The second kappa shape index (κ2) is 8.97. The molecule has 128 valence electrons. The van der Waals surface area contributed by atoms with Crippen LogP contribution in [0.25, 0.3) is 0 Å². The van der Waals surface area contributed by atoms with E-state index in [9.17, 15) is 10.1 Å². The van der Waals surface area contributed by atoms with Crippen molar-refractivity contribution in [2.24, 2.45) is 0 Å². The number of ether oxygens (including phenoxy) is 1. The topological polar surface area (TPSA) is 65.4 Å². The van der Waals surface area contributed by atoms with Crippen LogP contribution in [0.5, 0.6) is 5.75 Å². The first-order valence-electron chi connectivity index (χ1n) is 8.46. The molecule has 1 saturated heterocycles. The molecular formula is C19H25N3O2. The van der Waals surface area contributed by atoms with Crippen molar-refractivity contribution in [2.75, 3.05) is 13.7 Å². The zero-order valence-corrected chi connectivity index (χ0v) is 14.4. The zero-order chi connectivity index (χ0) is 17.4. The van der Waals surface area contributed by atoms with E-state index in [4.69, 9.17) is 4.74 Å². The fraction of sp³-hybridized carbons (Fsp3) is 0.474. The third-order valence-electron chi connectivity index (χ3n) is 4.42. The van der Waals surface area contributed by atoms with E-state index in [1.165, 1.54) is 6.42 Å². The van der Waals surface area contributed by atoms with Crippen molar-refractivity contribution >= 4 is 5.91 Å². The first kappa shape index (κ1) is 17.9. The van der Waals surface area contributed by atoms with Gasteiger partial charge in [0.25, 0.3) is 5.91 Å². The summed E-state index contributed by atoms with van der Waals surface area (Å²) in [5.74, 6) is 0.451. The number of nitriles is 1. The molecule has 2 rings (SSSR count). The molecule has 0 saturated carbocycles. The van der Waals surface area contributed by atoms with Crippen LogP contribution in [-0.2, 0) is 11.3 Å². The van der Waals surface area contributed by atoms with Crippen LogP contribution >= 0.6 is 0 Å². The van der Waals surface area contributed by atoms with Crippen LogP contribution in [0.15, 0.2) is 36.0 Å². The first-order chi connectivity index (χ1) is 11.7. The molecule has 1 atom stereocenters. The molecule has 5 nitrogen and oxygen atoms in total. The third-order valence-corrected chi connectivity index (χ3v) is 4.42. The largest absolute Gasteiger partial charge is 0.497 e. The van der Waals surface area contributed by atoms with Crippen molar-refractivity contribution in [3.05, 3.63) is 41.6 Å². The summed E-state index contributed by atoms with van der Waals surface area (Å²) < 4.78 is 5.11. The number of amides is 1. The summed E-state index contributed by atoms with van der Waals surface area (Å²) in [6.45, 7) is 3.45. The number of rotatable bonds is 6. The van der Waals surface area contributed by atoms with Crippen LogP contribution in [0.1, 0.15) is 38.2 Å². The van der Waals surface area contributed by atoms with Gasteiger partial charge in [0.2, 0.25) is 0 Å². The molecule has 1 fully saturated rings. The Bertz CT molecular complexity index is 616. The van der Waals surface area contributed by atoms with Crippen molar-refractivity contribution in [1.82, 2.24) is 10.2 Å². The van der Waals surface area contributed by atoms with Gasteiger partial charge in [0.1, 0.15) is 17.4 Å². The number of hydrogen-bond acceptors (Lipinski definition) is 4. The maximum atomic E-state index is 12.3. The van der Waals surface area contributed by atoms with Crippen LogP contribution in [0.3, 0.4) is 0 Å². The van der Waals surface area contributed by atoms with E-state index in [1.807, 2.05) is 30.3 Å². The van der Waals surface area contributed by atoms with E-state index in [1.54, 1.807) is 13.3 Å². The minimum Gasteiger partial charge on any atom is -0.497 e. The highest BCUT2D eigenvalue weighted by Gasteiger charge is 2.20. The number of carbonyl (C=O) groups is 1. The van der Waals surface area contributed by atoms with Crippen molar-refractivity contribution in [2.45, 2.75) is 45.2 Å². The number of carbonyl (C=O) groups excluding carboxylic acids is 1. The Kier molecular flexibility index (Phi) is 6.68. The Balaban J connectivity index is 1.97. The van der Waals surface area contributed by atoms with Gasteiger partial charge in [-0.3, -0.25) is 4.79 Å². The van der Waals surface area contributed by atoms with Crippen molar-refractivity contribution in [1.29, 1.82) is 5.26 Å². The number of piperidine rings is 1. The molecule has 1 unspecified atom stereocenters. The lowest BCUT2D eigenvalue weighted by atomic mass is 10.0. The summed E-state index contributed by atoms with van der Waals surface area (Å²) in [5.41, 5.74) is 1.13. The van der Waals surface area contributed by atoms with E-state index < -0.39 is 0 Å². The smallest absolute Gasteiger partial charge is 0.263 e. The van der Waals surface area contributed by atoms with Gasteiger partial charge >= 0.3 is 0 Å². The summed E-state index contributed by atoms with van der Waals surface area (Å²) in [6, 6.07) is 9.95. The minimum absolute atomic E-state index is 0.170. The highest BCUT2D eigenvalue weighted by molar-refractivity contribution is 5.97. The maximum Gasteiger partial charge on any atom is 0.263 e. The average Bonchev–Trinajstić information content (AvgIpc) is 2.64. The lowest BCUT2D eigenvalue weighted by Gasteiger charge is -2.34. The van der Waals surface area contributed by atoms with Gasteiger partial charge in [-0.2, -0.15) is 5.26 Å². The molecule has 0 aromatic heterocycles. The summed E-state index contributed by atoms with van der Waals surface area (Å²) >= 11 is 0. The predicted molar refractivity (Wildman–Crippen MR) is 93.2 cm³/mol. The fourth-order valence-electron chi connectivity index (χ4n) is 2.96. The Morgan fingerprint density at radius 1 is 1.42 bits per heavy atom. The summed E-state index contributed by atoms with van der Waals surface area (Å²) in [4.78, 5) is 14.4. The quantitative estimate of drug-likeness (QED) is 0.644. The predicted octanol–water partition coefficient (Wildman–Crippen LogP) is 2.98. The first-order valence-corrected chi connectivity index (χ1v) is 8.46. The van der Waals surface area contributed by atoms with Gasteiger partial charge < -0.3 is 15.0 Å². The molecule has 0 aliphatic carbocycles. The van der Waals surface area contributed by atoms with Gasteiger partial charge in [0, 0.05) is 25.3 Å². The Hall–Kier alpha value is -2.48. The third kappa shape index (κ3) is 4.76. The number of hydrogen-bond donors (Lipinski definition) is 1. The van der Waals surface area contributed by atoms with Gasteiger partial charge in [-0.25, -0.2) is 0 Å². The maximum absolute atomic E-state index is 12.3. The van der Waals surface area contributed by atoms with E-state index in [2.05, 4.69) is 17.1 Å². The molecule has 24 heavy (non-hydrogen) atoms. The Morgan fingerprint density at radius 3 is 2.79 bits per heavy atom. The highest BCUT2D eigenvalue weighted by Crippen LogP contribution is 2.20. The van der Waals surface area contributed by atoms with E-state index in [0.29, 0.717) is 12.6 Å². The molecule has 1 aliphatic heterocycles. The average molecular weight is 327 g/mol. The molecule has 0 spiro atoms. The van der Waals surface area contributed by atoms with Crippen LogP contribution in [0, 0.1) is 11.3 Å². The monoisotopic (exact) mass is 327 g/mol. The molecule has 5 heteroatoms. The zero-order valence-electron chi connectivity index (χ0n) is 14.4. The second-order valence-electron chi connectivity index (χ2n) is 5.98. The SMILES string of the molecule is CCC1CCCCN1/C=C(/C#N)C(=O)NCc1ccc(OC)cc1. The van der Waals surface area contributed by atoms with Gasteiger partial charge in [-0.05, 0) is 43.4 Å². The number of nitrogens with one attached hydrogen (secondary N) is 1. The summed E-state index contributed by atoms with van der Waals surface area (Å²) in [5, 5.41) is 12.1. The molecule has 0 radical (unpaired) electrons. The van der Waals surface area contributed by atoms with Gasteiger partial charge in [-0.15, -0.1) is 0 Å². The Morgan fingerprint density at radius 2 is 2.17 bits per heavy atom. The molecule has 1 aliphatic rings. The standard InChI is InChI=1S/C19H25N3O2/c1-3-17-6-4-5-11-22(17)14-16(12-20)19(23)21-13-15-7-9-18(24-2)10-8-15/h7-10,14,17H,3-6,11,13H2,1-2H3,(H,21,23)/b16-14-. The molecule has 1 amide bonds. The van der Waals surface area contributed by atoms with Gasteiger partial charge in [0.15, 0.2) is 0 Å². The molecule has 1 heterocycles. The molecule has 1 aromatic carbocycles. The van der Waals surface area contributed by atoms with Gasteiger partial charge in [-0.1, -0.05) is 19.1 Å². The van der Waals surface area contributed by atoms with Gasteiger partial charge in [0.05, 0.1) is 7.11 Å². The Labute approximate surface area is 143 Å². The van der Waals surface area contributed by atoms with Crippen LogP contribution < -0.4 is 10.1 Å². The fourth-order valence-corrected chi connectivity index (χ4v) is 2.96. The van der Waals surface area contributed by atoms with Crippen LogP contribution in [-0.4, -0.2) is 30.5 Å². The lowest BCUT2D eigenvalue weighted by molar-refractivity contribution is -0.117. The normalized spacial score (nSPS) is 18.0. The summed E-state index contributed by atoms with van der Waals surface area (Å²) in [6.07, 6.45) is 6.21. The molecule has 1 N–H and O–H groups in total. The number of benzene rings is 1. The van der Waals surface area contributed by atoms with Crippen LogP contribution in [0.4, 0.5) is 0 Å². The van der Waals surface area contributed by atoms with Crippen LogP contribution in [0.2, 0.25) is 0 Å². The molecule has 1 aromatic rings. The highest BCUT2D eigenvalue weighted by atomic mass is 16.5. The van der Waals surface area contributed by atoms with Crippen molar-refractivity contribution in [3.63, 3.8) is 0 Å².